The Balaban J connectivity index is 1.74. The number of hydrogen-bond acceptors (Lipinski definition) is 3. The summed E-state index contributed by atoms with van der Waals surface area (Å²) in [5, 5.41) is 5.90. The molecule has 0 bridgehead atoms. The Morgan fingerprint density at radius 1 is 1.30 bits per heavy atom. The fraction of sp³-hybridized carbons (Fsp3) is 0.562. The molecule has 0 unspecified atom stereocenters. The normalized spacial score (nSPS) is 15.5. The molecule has 0 radical (unpaired) electrons. The summed E-state index contributed by atoms with van der Waals surface area (Å²) < 4.78 is 28.5. The Labute approximate surface area is 139 Å². The summed E-state index contributed by atoms with van der Waals surface area (Å²) in [4.78, 5) is 11.8. The molecule has 7 heteroatoms. The lowest BCUT2D eigenvalue weighted by atomic mass is 9.89. The van der Waals surface area contributed by atoms with Crippen LogP contribution in [-0.2, 0) is 4.79 Å². The van der Waals surface area contributed by atoms with Crippen molar-refractivity contribution in [3.8, 4) is 5.75 Å². The van der Waals surface area contributed by atoms with E-state index in [0.29, 0.717) is 18.2 Å². The first-order valence-electron chi connectivity index (χ1n) is 7.79. The highest BCUT2D eigenvalue weighted by atomic mass is 35.5. The number of hydrogen-bond donors (Lipinski definition) is 2. The van der Waals surface area contributed by atoms with Crippen LogP contribution in [0, 0.1) is 5.92 Å². The van der Waals surface area contributed by atoms with Gasteiger partial charge in [-0.3, -0.25) is 4.79 Å². The van der Waals surface area contributed by atoms with Crippen molar-refractivity contribution in [3.63, 3.8) is 0 Å². The zero-order valence-corrected chi connectivity index (χ0v) is 13.5. The van der Waals surface area contributed by atoms with Crippen molar-refractivity contribution in [1.29, 1.82) is 0 Å². The first-order valence-corrected chi connectivity index (χ1v) is 8.17. The molecule has 1 fully saturated rings. The summed E-state index contributed by atoms with van der Waals surface area (Å²) in [5.41, 5.74) is 0.574. The zero-order chi connectivity index (χ0) is 16.7. The molecule has 1 aromatic carbocycles. The van der Waals surface area contributed by atoms with E-state index in [9.17, 15) is 13.6 Å². The molecular formula is C16H21ClF2N2O2. The predicted molar refractivity (Wildman–Crippen MR) is 86.2 cm³/mol. The van der Waals surface area contributed by atoms with Crippen LogP contribution in [0.4, 0.5) is 14.5 Å². The lowest BCUT2D eigenvalue weighted by Crippen LogP contribution is -2.34. The summed E-state index contributed by atoms with van der Waals surface area (Å²) in [5.74, 6) is 0.390. The van der Waals surface area contributed by atoms with Gasteiger partial charge in [-0.05, 0) is 37.0 Å². The van der Waals surface area contributed by atoms with E-state index < -0.39 is 6.61 Å². The van der Waals surface area contributed by atoms with Gasteiger partial charge in [-0.2, -0.15) is 8.78 Å². The third-order valence-corrected chi connectivity index (χ3v) is 4.21. The van der Waals surface area contributed by atoms with Crippen molar-refractivity contribution in [1.82, 2.24) is 5.32 Å². The first kappa shape index (κ1) is 17.8. The Morgan fingerprint density at radius 2 is 2.04 bits per heavy atom. The van der Waals surface area contributed by atoms with Crippen LogP contribution in [0.3, 0.4) is 0 Å². The molecule has 1 aliphatic carbocycles. The monoisotopic (exact) mass is 346 g/mol. The minimum absolute atomic E-state index is 0.0675. The molecule has 128 valence electrons. The number of benzene rings is 1. The van der Waals surface area contributed by atoms with Crippen LogP contribution in [0.2, 0.25) is 5.02 Å². The number of amides is 1. The van der Waals surface area contributed by atoms with Gasteiger partial charge in [0.05, 0.1) is 11.6 Å². The van der Waals surface area contributed by atoms with Gasteiger partial charge in [0.2, 0.25) is 5.91 Å². The van der Waals surface area contributed by atoms with E-state index in [1.165, 1.54) is 50.3 Å². The fourth-order valence-electron chi connectivity index (χ4n) is 2.70. The highest BCUT2D eigenvalue weighted by Crippen LogP contribution is 2.28. The number of nitrogens with one attached hydrogen (secondary N) is 2. The lowest BCUT2D eigenvalue weighted by Gasteiger charge is -2.21. The third-order valence-electron chi connectivity index (χ3n) is 3.91. The summed E-state index contributed by atoms with van der Waals surface area (Å²) in [6, 6.07) is 4.34. The molecular weight excluding hydrogens is 326 g/mol. The maximum atomic E-state index is 12.1. The molecule has 0 aliphatic heterocycles. The van der Waals surface area contributed by atoms with E-state index in [1.54, 1.807) is 0 Å². The van der Waals surface area contributed by atoms with E-state index in [4.69, 9.17) is 11.6 Å². The van der Waals surface area contributed by atoms with Gasteiger partial charge < -0.3 is 15.4 Å². The first-order chi connectivity index (χ1) is 11.0. The number of anilines is 1. The van der Waals surface area contributed by atoms with Crippen molar-refractivity contribution in [2.24, 2.45) is 5.92 Å². The molecule has 23 heavy (non-hydrogen) atoms. The molecule has 1 aliphatic rings. The minimum Gasteiger partial charge on any atom is -0.433 e. The average Bonchev–Trinajstić information content (AvgIpc) is 2.54. The summed E-state index contributed by atoms with van der Waals surface area (Å²) in [6.07, 6.45) is 6.12. The van der Waals surface area contributed by atoms with E-state index >= 15 is 0 Å². The molecule has 0 saturated heterocycles. The van der Waals surface area contributed by atoms with Crippen LogP contribution in [0.5, 0.6) is 5.75 Å². The van der Waals surface area contributed by atoms with Gasteiger partial charge in [-0.25, -0.2) is 0 Å². The number of rotatable bonds is 7. The topological polar surface area (TPSA) is 50.4 Å². The maximum Gasteiger partial charge on any atom is 0.387 e. The lowest BCUT2D eigenvalue weighted by molar-refractivity contribution is -0.119. The number of carbonyl (C=O) groups is 1. The Morgan fingerprint density at radius 3 is 2.70 bits per heavy atom. The Hall–Kier alpha value is -1.56. The zero-order valence-electron chi connectivity index (χ0n) is 12.8. The number of halogens is 3. The van der Waals surface area contributed by atoms with Crippen molar-refractivity contribution in [3.05, 3.63) is 23.2 Å². The molecule has 2 rings (SSSR count). The molecule has 0 atom stereocenters. The van der Waals surface area contributed by atoms with Crippen molar-refractivity contribution < 1.29 is 18.3 Å². The number of alkyl halides is 2. The van der Waals surface area contributed by atoms with E-state index in [0.717, 1.165) is 0 Å². The highest BCUT2D eigenvalue weighted by Gasteiger charge is 2.14. The molecule has 4 nitrogen and oxygen atoms in total. The van der Waals surface area contributed by atoms with Crippen LogP contribution >= 0.6 is 11.6 Å². The summed E-state index contributed by atoms with van der Waals surface area (Å²) in [6.45, 7) is -2.10. The largest absolute Gasteiger partial charge is 0.433 e. The minimum atomic E-state index is -2.92. The Kier molecular flexibility index (Phi) is 6.89. The SMILES string of the molecule is O=C(CNc1ccc(OC(F)F)c(Cl)c1)NCC1CCCCC1. The van der Waals surface area contributed by atoms with E-state index in [-0.39, 0.29) is 23.2 Å². The van der Waals surface area contributed by atoms with Crippen LogP contribution in [0.15, 0.2) is 18.2 Å². The fourth-order valence-corrected chi connectivity index (χ4v) is 2.92. The second-order valence-electron chi connectivity index (χ2n) is 5.69. The van der Waals surface area contributed by atoms with Crippen LogP contribution in [0.1, 0.15) is 32.1 Å². The third kappa shape index (κ3) is 6.22. The van der Waals surface area contributed by atoms with Crippen LogP contribution < -0.4 is 15.4 Å². The second kappa shape index (κ2) is 8.91. The molecule has 1 aromatic rings. The van der Waals surface area contributed by atoms with Gasteiger partial charge in [0.1, 0.15) is 5.75 Å². The second-order valence-corrected chi connectivity index (χ2v) is 6.09. The van der Waals surface area contributed by atoms with Crippen LogP contribution in [-0.4, -0.2) is 25.6 Å². The van der Waals surface area contributed by atoms with Crippen molar-refractivity contribution >= 4 is 23.2 Å². The standard InChI is InChI=1S/C16H21ClF2N2O2/c17-13-8-12(6-7-14(13)23-16(18)19)20-10-15(22)21-9-11-4-2-1-3-5-11/h6-8,11,16,20H,1-5,9-10H2,(H,21,22). The van der Waals surface area contributed by atoms with Gasteiger partial charge >= 0.3 is 6.61 Å². The summed E-state index contributed by atoms with van der Waals surface area (Å²) in [7, 11) is 0. The molecule has 0 spiro atoms. The predicted octanol–water partition coefficient (Wildman–Crippen LogP) is 4.05. The van der Waals surface area contributed by atoms with Gasteiger partial charge in [-0.15, -0.1) is 0 Å². The summed E-state index contributed by atoms with van der Waals surface area (Å²) >= 11 is 5.85. The average molecular weight is 347 g/mol. The van der Waals surface area contributed by atoms with E-state index in [1.807, 2.05) is 0 Å². The van der Waals surface area contributed by atoms with Crippen molar-refractivity contribution in [2.75, 3.05) is 18.4 Å². The van der Waals surface area contributed by atoms with Crippen LogP contribution in [0.25, 0.3) is 0 Å². The quantitative estimate of drug-likeness (QED) is 0.783. The van der Waals surface area contributed by atoms with Gasteiger partial charge in [0.25, 0.3) is 0 Å². The van der Waals surface area contributed by atoms with Gasteiger partial charge in [0.15, 0.2) is 0 Å². The highest BCUT2D eigenvalue weighted by molar-refractivity contribution is 6.32. The van der Waals surface area contributed by atoms with E-state index in [2.05, 4.69) is 15.4 Å². The Bertz CT molecular complexity index is 523. The molecule has 0 heterocycles. The van der Waals surface area contributed by atoms with Crippen molar-refractivity contribution in [2.45, 2.75) is 38.7 Å². The number of ether oxygens (including phenoxy) is 1. The maximum absolute atomic E-state index is 12.1. The molecule has 1 amide bonds. The molecule has 2 N–H and O–H groups in total. The van der Waals surface area contributed by atoms with Gasteiger partial charge in [0, 0.05) is 12.2 Å². The molecule has 1 saturated carbocycles. The smallest absolute Gasteiger partial charge is 0.387 e. The number of carbonyl (C=O) groups excluding carboxylic acids is 1. The van der Waals surface area contributed by atoms with Gasteiger partial charge in [-0.1, -0.05) is 30.9 Å². The molecule has 0 aromatic heterocycles.